The van der Waals surface area contributed by atoms with Gasteiger partial charge in [-0.05, 0) is 18.4 Å². The second-order valence-electron chi connectivity index (χ2n) is 3.54. The van der Waals surface area contributed by atoms with Crippen molar-refractivity contribution >= 4 is 45.4 Å². The van der Waals surface area contributed by atoms with Crippen molar-refractivity contribution in [2.45, 2.75) is 22.6 Å². The minimum Gasteiger partial charge on any atom is -0.466 e. The second-order valence-corrected chi connectivity index (χ2v) is 6.58. The van der Waals surface area contributed by atoms with Crippen LogP contribution in [0.5, 0.6) is 0 Å². The zero-order valence-corrected chi connectivity index (χ0v) is 12.8. The third-order valence-electron chi connectivity index (χ3n) is 2.13. The molecule has 0 aliphatic rings. The molecule has 0 aliphatic carbocycles. The van der Waals surface area contributed by atoms with E-state index in [2.05, 4.69) is 4.98 Å². The average Bonchev–Trinajstić information content (AvgIpc) is 2.99. The lowest BCUT2D eigenvalue weighted by Crippen LogP contribution is -2.07. The van der Waals surface area contributed by atoms with Gasteiger partial charge in [0.1, 0.15) is 4.90 Å². The van der Waals surface area contributed by atoms with Gasteiger partial charge in [0, 0.05) is 5.38 Å². The molecule has 20 heavy (non-hydrogen) atoms. The molecule has 0 N–H and O–H groups in total. The summed E-state index contributed by atoms with van der Waals surface area (Å²) in [7, 11) is 0. The van der Waals surface area contributed by atoms with Crippen LogP contribution in [0.15, 0.2) is 26.1 Å². The van der Waals surface area contributed by atoms with Gasteiger partial charge in [0.2, 0.25) is 0 Å². The fraction of sp³-hybridized carbons (Fsp3) is 0.273. The first kappa shape index (κ1) is 14.9. The maximum atomic E-state index is 11.3. The molecule has 2 rings (SSSR count). The molecule has 0 spiro atoms. The monoisotopic (exact) mass is 330 g/mol. The smallest absolute Gasteiger partial charge is 0.338 e. The third kappa shape index (κ3) is 3.78. The first-order chi connectivity index (χ1) is 9.60. The summed E-state index contributed by atoms with van der Waals surface area (Å²) in [6.07, 6.45) is 0.122. The number of nitro groups is 1. The molecule has 2 aromatic rings. The zero-order valence-electron chi connectivity index (χ0n) is 10.4. The number of hydrogen-bond acceptors (Lipinski definition) is 8. The highest BCUT2D eigenvalue weighted by atomic mass is 32.2. The number of hydrogen-bond donors (Lipinski definition) is 0. The van der Waals surface area contributed by atoms with E-state index in [1.165, 1.54) is 23.1 Å². The van der Waals surface area contributed by atoms with Crippen molar-refractivity contribution in [3.8, 4) is 0 Å². The van der Waals surface area contributed by atoms with E-state index in [0.717, 1.165) is 11.3 Å². The topological polar surface area (TPSA) is 82.3 Å². The highest BCUT2D eigenvalue weighted by Crippen LogP contribution is 2.39. The van der Waals surface area contributed by atoms with Crippen molar-refractivity contribution in [2.75, 3.05) is 6.61 Å². The van der Waals surface area contributed by atoms with Crippen LogP contribution in [0.4, 0.5) is 5.00 Å². The van der Waals surface area contributed by atoms with Gasteiger partial charge in [0.25, 0.3) is 0 Å². The Kier molecular flexibility index (Phi) is 5.10. The molecule has 106 valence electrons. The molecule has 2 heterocycles. The molecule has 0 radical (unpaired) electrons. The molecule has 0 saturated heterocycles. The van der Waals surface area contributed by atoms with E-state index in [-0.39, 0.29) is 17.4 Å². The van der Waals surface area contributed by atoms with Crippen molar-refractivity contribution in [3.05, 3.63) is 32.6 Å². The van der Waals surface area contributed by atoms with Crippen molar-refractivity contribution in [2.24, 2.45) is 0 Å². The number of esters is 1. The maximum absolute atomic E-state index is 11.3. The highest BCUT2D eigenvalue weighted by molar-refractivity contribution is 8.01. The van der Waals surface area contributed by atoms with Gasteiger partial charge in [-0.3, -0.25) is 14.9 Å². The number of rotatable bonds is 6. The number of thiophene rings is 1. The maximum Gasteiger partial charge on any atom is 0.338 e. The molecule has 0 aliphatic heterocycles. The lowest BCUT2D eigenvalue weighted by Gasteiger charge is -1.98. The van der Waals surface area contributed by atoms with Gasteiger partial charge >= 0.3 is 11.0 Å². The summed E-state index contributed by atoms with van der Waals surface area (Å²) in [5.41, 5.74) is 0.619. The fourth-order valence-electron chi connectivity index (χ4n) is 1.37. The van der Waals surface area contributed by atoms with E-state index >= 15 is 0 Å². The molecule has 0 aromatic carbocycles. The van der Waals surface area contributed by atoms with Crippen LogP contribution in [0.1, 0.15) is 12.6 Å². The molecule has 0 bridgehead atoms. The van der Waals surface area contributed by atoms with E-state index in [0.29, 0.717) is 21.5 Å². The second kappa shape index (κ2) is 6.82. The molecule has 0 unspecified atom stereocenters. The van der Waals surface area contributed by atoms with E-state index in [1.54, 1.807) is 23.8 Å². The summed E-state index contributed by atoms with van der Waals surface area (Å²) in [6, 6.07) is 1.69. The van der Waals surface area contributed by atoms with E-state index in [9.17, 15) is 14.9 Å². The Morgan fingerprint density at radius 2 is 2.35 bits per heavy atom. The van der Waals surface area contributed by atoms with Gasteiger partial charge in [-0.15, -0.1) is 11.3 Å². The van der Waals surface area contributed by atoms with Crippen LogP contribution in [0.25, 0.3) is 0 Å². The Morgan fingerprint density at radius 1 is 1.55 bits per heavy atom. The number of aromatic nitrogens is 1. The van der Waals surface area contributed by atoms with Crippen molar-refractivity contribution < 1.29 is 14.5 Å². The Balaban J connectivity index is 2.04. The first-order valence-corrected chi connectivity index (χ1v) is 8.17. The van der Waals surface area contributed by atoms with Crippen molar-refractivity contribution in [3.63, 3.8) is 0 Å². The van der Waals surface area contributed by atoms with Crippen LogP contribution in [0.2, 0.25) is 0 Å². The zero-order chi connectivity index (χ0) is 14.5. The lowest BCUT2D eigenvalue weighted by molar-refractivity contribution is -0.382. The third-order valence-corrected chi connectivity index (χ3v) is 5.16. The molecule has 0 amide bonds. The van der Waals surface area contributed by atoms with E-state index < -0.39 is 4.92 Å². The van der Waals surface area contributed by atoms with Crippen LogP contribution in [0.3, 0.4) is 0 Å². The Hall–Kier alpha value is -1.45. The van der Waals surface area contributed by atoms with E-state index in [1.807, 2.05) is 0 Å². The molecule has 0 atom stereocenters. The molecule has 0 saturated carbocycles. The Morgan fingerprint density at radius 3 is 3.05 bits per heavy atom. The minimum absolute atomic E-state index is 0.108. The quantitative estimate of drug-likeness (QED) is 0.459. The van der Waals surface area contributed by atoms with Crippen LogP contribution < -0.4 is 0 Å². The number of ether oxygens (including phenoxy) is 1. The Bertz CT molecular complexity index is 623. The van der Waals surface area contributed by atoms with Crippen LogP contribution in [-0.4, -0.2) is 22.5 Å². The van der Waals surface area contributed by atoms with Crippen molar-refractivity contribution in [1.29, 1.82) is 0 Å². The number of carbonyl (C=O) groups is 1. The van der Waals surface area contributed by atoms with Crippen LogP contribution in [-0.2, 0) is 16.0 Å². The van der Waals surface area contributed by atoms with Crippen molar-refractivity contribution in [1.82, 2.24) is 4.98 Å². The summed E-state index contributed by atoms with van der Waals surface area (Å²) < 4.78 is 5.51. The van der Waals surface area contributed by atoms with Gasteiger partial charge < -0.3 is 4.74 Å². The average molecular weight is 330 g/mol. The largest absolute Gasteiger partial charge is 0.466 e. The molecule has 0 fully saturated rings. The predicted molar refractivity (Wildman–Crippen MR) is 77.5 cm³/mol. The minimum atomic E-state index is -0.403. The standard InChI is InChI=1S/C11H10N2O4S3/c1-2-17-9(14)5-7-6-19-11(12-7)20-8-3-4-18-10(8)13(15)16/h3-4,6H,2,5H2,1H3. The summed E-state index contributed by atoms with van der Waals surface area (Å²) in [5.74, 6) is -0.323. The lowest BCUT2D eigenvalue weighted by atomic mass is 10.3. The summed E-state index contributed by atoms with van der Waals surface area (Å²) >= 11 is 3.67. The molecular formula is C11H10N2O4S3. The highest BCUT2D eigenvalue weighted by Gasteiger charge is 2.18. The van der Waals surface area contributed by atoms with E-state index in [4.69, 9.17) is 4.74 Å². The van der Waals surface area contributed by atoms with Gasteiger partial charge in [0.05, 0.1) is 23.6 Å². The molecule has 6 nitrogen and oxygen atoms in total. The number of carbonyl (C=O) groups excluding carboxylic acids is 1. The molecule has 9 heteroatoms. The van der Waals surface area contributed by atoms with Crippen LogP contribution in [0, 0.1) is 10.1 Å². The summed E-state index contributed by atoms with van der Waals surface area (Å²) in [4.78, 5) is 26.6. The van der Waals surface area contributed by atoms with Gasteiger partial charge in [0.15, 0.2) is 4.34 Å². The SMILES string of the molecule is CCOC(=O)Cc1csc(Sc2ccsc2[N+](=O)[O-])n1. The van der Waals surface area contributed by atoms with Gasteiger partial charge in [-0.1, -0.05) is 23.1 Å². The fourth-order valence-corrected chi connectivity index (χ4v) is 4.13. The van der Waals surface area contributed by atoms with Gasteiger partial charge in [-0.2, -0.15) is 0 Å². The number of thiazole rings is 1. The summed E-state index contributed by atoms with van der Waals surface area (Å²) in [6.45, 7) is 2.08. The summed E-state index contributed by atoms with van der Waals surface area (Å²) in [5, 5.41) is 14.4. The molecule has 2 aromatic heterocycles. The number of nitrogens with zero attached hydrogens (tertiary/aromatic N) is 2. The normalized spacial score (nSPS) is 10.4. The Labute approximate surface area is 126 Å². The van der Waals surface area contributed by atoms with Gasteiger partial charge in [-0.25, -0.2) is 4.98 Å². The van der Waals surface area contributed by atoms with Crippen LogP contribution >= 0.6 is 34.4 Å². The molecular weight excluding hydrogens is 320 g/mol. The first-order valence-electron chi connectivity index (χ1n) is 5.60. The predicted octanol–water partition coefficient (Wildman–Crippen LogP) is 3.37.